The summed E-state index contributed by atoms with van der Waals surface area (Å²) in [6.07, 6.45) is 78.6. The molecule has 3 N–H and O–H groups in total. The Morgan fingerprint density at radius 1 is 0.410 bits per heavy atom. The summed E-state index contributed by atoms with van der Waals surface area (Å²) in [4.78, 5) is 12.4. The predicted molar refractivity (Wildman–Crippen MR) is 271 cm³/mol. The summed E-state index contributed by atoms with van der Waals surface area (Å²) >= 11 is 0. The fourth-order valence-corrected chi connectivity index (χ4v) is 6.92. The minimum Gasteiger partial charge on any atom is -0.394 e. The van der Waals surface area contributed by atoms with Gasteiger partial charge in [-0.3, -0.25) is 4.79 Å². The van der Waals surface area contributed by atoms with Gasteiger partial charge in [0, 0.05) is 6.42 Å². The molecule has 4 nitrogen and oxygen atoms in total. The summed E-state index contributed by atoms with van der Waals surface area (Å²) in [6, 6.07) is -0.569. The Bertz CT molecular complexity index is 1230. The van der Waals surface area contributed by atoms with Crippen molar-refractivity contribution in [1.29, 1.82) is 0 Å². The zero-order valence-electron chi connectivity index (χ0n) is 39.6. The molecule has 61 heavy (non-hydrogen) atoms. The molecule has 0 spiro atoms. The van der Waals surface area contributed by atoms with Crippen molar-refractivity contribution < 1.29 is 15.0 Å². The summed E-state index contributed by atoms with van der Waals surface area (Å²) < 4.78 is 0. The minimum atomic E-state index is -0.687. The third-order valence-corrected chi connectivity index (χ3v) is 10.7. The Kier molecular flexibility index (Phi) is 48.5. The van der Waals surface area contributed by atoms with Gasteiger partial charge in [0.05, 0.1) is 18.8 Å². The molecule has 0 fully saturated rings. The van der Waals surface area contributed by atoms with Gasteiger partial charge in [0.2, 0.25) is 5.91 Å². The summed E-state index contributed by atoms with van der Waals surface area (Å²) in [5.41, 5.74) is 0. The van der Waals surface area contributed by atoms with E-state index in [1.807, 2.05) is 0 Å². The van der Waals surface area contributed by atoms with Gasteiger partial charge < -0.3 is 15.5 Å². The number of hydrogen-bond donors (Lipinski definition) is 3. The molecule has 0 aliphatic rings. The van der Waals surface area contributed by atoms with Crippen molar-refractivity contribution in [2.24, 2.45) is 0 Å². The van der Waals surface area contributed by atoms with Crippen LogP contribution in [0.5, 0.6) is 0 Å². The number of carbonyl (C=O) groups is 1. The number of unbranched alkanes of at least 4 members (excludes halogenated alkanes) is 17. The zero-order chi connectivity index (χ0) is 44.2. The van der Waals surface area contributed by atoms with Crippen LogP contribution in [-0.2, 0) is 4.79 Å². The molecule has 346 valence electrons. The number of amides is 1. The molecular weight excluding hydrogens is 747 g/mol. The lowest BCUT2D eigenvalue weighted by molar-refractivity contribution is -0.123. The minimum absolute atomic E-state index is 0.0783. The van der Waals surface area contributed by atoms with Gasteiger partial charge in [0.25, 0.3) is 0 Å². The molecule has 0 heterocycles. The number of rotatable bonds is 44. The Balaban J connectivity index is 3.71. The Morgan fingerprint density at radius 2 is 0.721 bits per heavy atom. The highest BCUT2D eigenvalue weighted by atomic mass is 16.3. The molecule has 0 aliphatic heterocycles. The van der Waals surface area contributed by atoms with Gasteiger partial charge in [0.15, 0.2) is 0 Å². The number of hydrogen-bond acceptors (Lipinski definition) is 3. The molecule has 1 amide bonds. The van der Waals surface area contributed by atoms with Gasteiger partial charge in [-0.2, -0.15) is 0 Å². The topological polar surface area (TPSA) is 69.6 Å². The number of aliphatic hydroxyl groups excluding tert-OH is 2. The van der Waals surface area contributed by atoms with E-state index in [1.54, 1.807) is 0 Å². The van der Waals surface area contributed by atoms with Gasteiger partial charge >= 0.3 is 0 Å². The summed E-state index contributed by atoms with van der Waals surface area (Å²) in [5, 5.41) is 23.2. The molecule has 0 aliphatic carbocycles. The molecule has 0 aromatic heterocycles. The Morgan fingerprint density at radius 3 is 1.05 bits per heavy atom. The Labute approximate surface area is 378 Å². The Hall–Kier alpha value is -3.21. The van der Waals surface area contributed by atoms with Crippen LogP contribution in [0.1, 0.15) is 213 Å². The second kappa shape index (κ2) is 51.1. The standard InChI is InChI=1S/C57H95NO3/c1-3-5-7-9-11-13-15-17-19-21-22-23-24-25-26-27-28-29-30-31-32-33-34-35-36-37-39-41-43-45-47-49-51-53-57(61)58-55(54-59)56(60)52-50-48-46-44-42-40-38-20-18-16-14-12-10-8-6-4-2/h5,7,11,13,17,19,22-23,25-26,28-29,31-32,34-35,37,39,43,45,55-56,59-60H,3-4,6,8-10,12,14-16,18,20-21,24,27,30,33,36,38,40-42,44,46-54H2,1-2H3,(H,58,61)/b7-5-,13-11-,19-17-,23-22-,26-25-,29-28-,32-31-,35-34-,39-37-,45-43-. The first-order valence-corrected chi connectivity index (χ1v) is 25.2. The SMILES string of the molecule is CC/C=C\C/C=C\C/C=C\C/C=C\C/C=C\C/C=C\C/C=C\C/C=C\C/C=C\C/C=C\CCCCC(=O)NC(CO)C(O)CCCCCCCCCCCCCCCCCC. The van der Waals surface area contributed by atoms with Gasteiger partial charge in [0.1, 0.15) is 0 Å². The lowest BCUT2D eigenvalue weighted by atomic mass is 10.0. The van der Waals surface area contributed by atoms with Crippen molar-refractivity contribution in [2.75, 3.05) is 6.61 Å². The molecule has 0 saturated carbocycles. The quantitative estimate of drug-likeness (QED) is 0.0423. The monoisotopic (exact) mass is 842 g/mol. The van der Waals surface area contributed by atoms with Crippen LogP contribution in [-0.4, -0.2) is 34.9 Å². The lowest BCUT2D eigenvalue weighted by Crippen LogP contribution is -2.45. The van der Waals surface area contributed by atoms with E-state index in [9.17, 15) is 15.0 Å². The zero-order valence-corrected chi connectivity index (χ0v) is 39.6. The van der Waals surface area contributed by atoms with Crippen molar-refractivity contribution >= 4 is 5.91 Å². The van der Waals surface area contributed by atoms with Crippen LogP contribution < -0.4 is 5.32 Å². The first kappa shape index (κ1) is 57.8. The third-order valence-electron chi connectivity index (χ3n) is 10.7. The van der Waals surface area contributed by atoms with Crippen molar-refractivity contribution in [3.8, 4) is 0 Å². The van der Waals surface area contributed by atoms with Crippen LogP contribution >= 0.6 is 0 Å². The normalized spacial score (nSPS) is 14.0. The third kappa shape index (κ3) is 47.7. The van der Waals surface area contributed by atoms with Crippen LogP contribution in [0.15, 0.2) is 122 Å². The average Bonchev–Trinajstić information content (AvgIpc) is 3.26. The fourth-order valence-electron chi connectivity index (χ4n) is 6.92. The van der Waals surface area contributed by atoms with E-state index >= 15 is 0 Å². The van der Waals surface area contributed by atoms with Crippen LogP contribution in [0, 0.1) is 0 Å². The predicted octanol–water partition coefficient (Wildman–Crippen LogP) is 16.5. The fraction of sp³-hybridized carbons (Fsp3) is 0.632. The van der Waals surface area contributed by atoms with Crippen LogP contribution in [0.25, 0.3) is 0 Å². The molecule has 2 atom stereocenters. The first-order valence-electron chi connectivity index (χ1n) is 25.2. The van der Waals surface area contributed by atoms with Gasteiger partial charge in [-0.05, 0) is 89.9 Å². The van der Waals surface area contributed by atoms with Gasteiger partial charge in [-0.25, -0.2) is 0 Å². The van der Waals surface area contributed by atoms with Crippen LogP contribution in [0.3, 0.4) is 0 Å². The van der Waals surface area contributed by atoms with E-state index in [2.05, 4.69) is 141 Å². The number of aliphatic hydroxyl groups is 2. The molecule has 0 bridgehead atoms. The van der Waals surface area contributed by atoms with E-state index in [0.717, 1.165) is 96.3 Å². The molecule has 0 rings (SSSR count). The molecule has 0 aromatic rings. The van der Waals surface area contributed by atoms with E-state index < -0.39 is 12.1 Å². The molecule has 0 saturated heterocycles. The first-order chi connectivity index (χ1) is 30.2. The molecule has 0 radical (unpaired) electrons. The van der Waals surface area contributed by atoms with Gasteiger partial charge in [-0.1, -0.05) is 238 Å². The van der Waals surface area contributed by atoms with Crippen molar-refractivity contribution in [1.82, 2.24) is 5.32 Å². The van der Waals surface area contributed by atoms with E-state index in [1.165, 1.54) is 89.9 Å². The van der Waals surface area contributed by atoms with E-state index in [-0.39, 0.29) is 12.5 Å². The number of nitrogens with one attached hydrogen (secondary N) is 1. The maximum absolute atomic E-state index is 12.4. The van der Waals surface area contributed by atoms with Gasteiger partial charge in [-0.15, -0.1) is 0 Å². The second-order valence-electron chi connectivity index (χ2n) is 16.5. The van der Waals surface area contributed by atoms with Crippen molar-refractivity contribution in [2.45, 2.75) is 225 Å². The second-order valence-corrected chi connectivity index (χ2v) is 16.5. The van der Waals surface area contributed by atoms with E-state index in [4.69, 9.17) is 0 Å². The average molecular weight is 842 g/mol. The highest BCUT2D eigenvalue weighted by Gasteiger charge is 2.19. The van der Waals surface area contributed by atoms with E-state index in [0.29, 0.717) is 12.8 Å². The highest BCUT2D eigenvalue weighted by Crippen LogP contribution is 2.15. The maximum atomic E-state index is 12.4. The highest BCUT2D eigenvalue weighted by molar-refractivity contribution is 5.76. The molecule has 0 aromatic carbocycles. The molecule has 4 heteroatoms. The van der Waals surface area contributed by atoms with Crippen molar-refractivity contribution in [3.63, 3.8) is 0 Å². The number of carbonyl (C=O) groups excluding carboxylic acids is 1. The maximum Gasteiger partial charge on any atom is 0.220 e. The summed E-state index contributed by atoms with van der Waals surface area (Å²) in [5.74, 6) is -0.0783. The summed E-state index contributed by atoms with van der Waals surface area (Å²) in [7, 11) is 0. The molecule has 2 unspecified atom stereocenters. The van der Waals surface area contributed by atoms with Crippen LogP contribution in [0.4, 0.5) is 0 Å². The lowest BCUT2D eigenvalue weighted by Gasteiger charge is -2.22. The smallest absolute Gasteiger partial charge is 0.220 e. The number of allylic oxidation sites excluding steroid dienone is 20. The van der Waals surface area contributed by atoms with Crippen LogP contribution in [0.2, 0.25) is 0 Å². The van der Waals surface area contributed by atoms with Crippen molar-refractivity contribution in [3.05, 3.63) is 122 Å². The summed E-state index contributed by atoms with van der Waals surface area (Å²) in [6.45, 7) is 4.22. The largest absolute Gasteiger partial charge is 0.394 e. The molecular formula is C57H95NO3.